The summed E-state index contributed by atoms with van der Waals surface area (Å²) in [6.45, 7) is 4.13. The molecule has 0 saturated carbocycles. The maximum absolute atomic E-state index is 10.5. The van der Waals surface area contributed by atoms with Gasteiger partial charge in [0.05, 0.1) is 5.70 Å². The van der Waals surface area contributed by atoms with Crippen LogP contribution in [0, 0.1) is 10.8 Å². The van der Waals surface area contributed by atoms with Crippen LogP contribution in [0.15, 0.2) is 40.8 Å². The molecule has 0 spiro atoms. The molecule has 0 aromatic rings. The Morgan fingerprint density at radius 1 is 1.42 bits per heavy atom. The summed E-state index contributed by atoms with van der Waals surface area (Å²) in [5, 5.41) is 3.04. The lowest BCUT2D eigenvalue weighted by Crippen LogP contribution is -1.94. The first kappa shape index (κ1) is 8.91. The van der Waals surface area contributed by atoms with Gasteiger partial charge in [0, 0.05) is 6.42 Å². The molecule has 2 nitrogen and oxygen atoms in total. The summed E-state index contributed by atoms with van der Waals surface area (Å²) in [5.74, 6) is 0.369. The molecule has 0 fully saturated rings. The van der Waals surface area contributed by atoms with E-state index < -0.39 is 0 Å². The van der Waals surface area contributed by atoms with Crippen molar-refractivity contribution in [2.24, 2.45) is 11.1 Å². The molecule has 0 aromatic heterocycles. The predicted molar refractivity (Wildman–Crippen MR) is 50.6 cm³/mol. The van der Waals surface area contributed by atoms with Crippen molar-refractivity contribution in [3.05, 3.63) is 40.5 Å². The number of nitrogens with zero attached hydrogens (tertiary/aromatic N) is 1. The second-order valence-electron chi connectivity index (χ2n) is 3.14. The van der Waals surface area contributed by atoms with Crippen LogP contribution in [-0.2, 0) is 0 Å². The lowest BCUT2D eigenvalue weighted by atomic mass is 10.0. The third kappa shape index (κ3) is 1.91. The molecular weight excluding hydrogens is 150 g/mol. The van der Waals surface area contributed by atoms with Crippen LogP contribution in [0.25, 0.3) is 0 Å². The Hall–Kier alpha value is -1.18. The average molecular weight is 163 g/mol. The Kier molecular flexibility index (Phi) is 2.97. The summed E-state index contributed by atoms with van der Waals surface area (Å²) in [7, 11) is 0. The van der Waals surface area contributed by atoms with Crippen LogP contribution in [0.1, 0.15) is 20.3 Å². The number of nitroso groups, excluding NO2 is 1. The maximum Gasteiger partial charge on any atom is 0.0921 e. The van der Waals surface area contributed by atoms with Crippen LogP contribution in [0.3, 0.4) is 0 Å². The van der Waals surface area contributed by atoms with Gasteiger partial charge >= 0.3 is 0 Å². The first-order valence-corrected chi connectivity index (χ1v) is 4.15. The fourth-order valence-electron chi connectivity index (χ4n) is 1.25. The molecule has 0 atom stereocenters. The van der Waals surface area contributed by atoms with Gasteiger partial charge in [0.25, 0.3) is 0 Å². The van der Waals surface area contributed by atoms with E-state index >= 15 is 0 Å². The van der Waals surface area contributed by atoms with E-state index in [0.29, 0.717) is 18.0 Å². The molecule has 1 aliphatic carbocycles. The van der Waals surface area contributed by atoms with Crippen LogP contribution in [0.5, 0.6) is 0 Å². The summed E-state index contributed by atoms with van der Waals surface area (Å²) in [5.41, 5.74) is 1.71. The van der Waals surface area contributed by atoms with Gasteiger partial charge in [-0.25, -0.2) is 0 Å². The van der Waals surface area contributed by atoms with Crippen molar-refractivity contribution in [2.75, 3.05) is 0 Å². The van der Waals surface area contributed by atoms with E-state index in [2.05, 4.69) is 19.0 Å². The second kappa shape index (κ2) is 4.00. The minimum absolute atomic E-state index is 0.369. The highest BCUT2D eigenvalue weighted by atomic mass is 16.3. The number of allylic oxidation sites excluding steroid dienone is 5. The van der Waals surface area contributed by atoms with E-state index in [1.807, 2.05) is 24.3 Å². The first-order chi connectivity index (χ1) is 5.75. The Balaban J connectivity index is 3.01. The molecule has 64 valence electrons. The molecule has 0 amide bonds. The fraction of sp³-hybridized carbons (Fsp3) is 0.400. The molecule has 0 heterocycles. The van der Waals surface area contributed by atoms with Crippen molar-refractivity contribution >= 4 is 0 Å². The van der Waals surface area contributed by atoms with Crippen molar-refractivity contribution < 1.29 is 0 Å². The van der Waals surface area contributed by atoms with Crippen molar-refractivity contribution in [3.63, 3.8) is 0 Å². The highest BCUT2D eigenvalue weighted by Gasteiger charge is 2.08. The Labute approximate surface area is 72.6 Å². The van der Waals surface area contributed by atoms with Gasteiger partial charge in [0.15, 0.2) is 0 Å². The van der Waals surface area contributed by atoms with E-state index in [1.165, 1.54) is 0 Å². The molecule has 12 heavy (non-hydrogen) atoms. The van der Waals surface area contributed by atoms with E-state index in [-0.39, 0.29) is 0 Å². The molecule has 0 saturated heterocycles. The average Bonchev–Trinajstić information content (AvgIpc) is 2.27. The van der Waals surface area contributed by atoms with Crippen LogP contribution in [-0.4, -0.2) is 0 Å². The Morgan fingerprint density at radius 3 is 2.75 bits per heavy atom. The summed E-state index contributed by atoms with van der Waals surface area (Å²) >= 11 is 0. The van der Waals surface area contributed by atoms with Crippen molar-refractivity contribution in [1.82, 2.24) is 0 Å². The Bertz CT molecular complexity index is 259. The molecule has 0 unspecified atom stereocenters. The van der Waals surface area contributed by atoms with Crippen LogP contribution < -0.4 is 0 Å². The predicted octanol–water partition coefficient (Wildman–Crippen LogP) is 3.18. The van der Waals surface area contributed by atoms with Gasteiger partial charge in [0.1, 0.15) is 0 Å². The Morgan fingerprint density at radius 2 is 2.17 bits per heavy atom. The summed E-state index contributed by atoms with van der Waals surface area (Å²) in [4.78, 5) is 10.5. The lowest BCUT2D eigenvalue weighted by Gasteiger charge is -2.06. The first-order valence-electron chi connectivity index (χ1n) is 4.15. The molecule has 0 aromatic carbocycles. The highest BCUT2D eigenvalue weighted by Crippen LogP contribution is 2.22. The minimum atomic E-state index is 0.369. The van der Waals surface area contributed by atoms with E-state index in [1.54, 1.807) is 0 Å². The van der Waals surface area contributed by atoms with E-state index in [0.717, 1.165) is 5.57 Å². The molecule has 0 bridgehead atoms. The fourth-order valence-corrected chi connectivity index (χ4v) is 1.25. The topological polar surface area (TPSA) is 29.4 Å². The van der Waals surface area contributed by atoms with Gasteiger partial charge in [0.2, 0.25) is 0 Å². The summed E-state index contributed by atoms with van der Waals surface area (Å²) in [6.07, 6.45) is 8.46. The van der Waals surface area contributed by atoms with E-state index in [9.17, 15) is 4.91 Å². The second-order valence-corrected chi connectivity index (χ2v) is 3.14. The molecule has 1 aliphatic rings. The summed E-state index contributed by atoms with van der Waals surface area (Å²) < 4.78 is 0. The molecule has 0 aliphatic heterocycles. The highest BCUT2D eigenvalue weighted by molar-refractivity contribution is 5.33. The van der Waals surface area contributed by atoms with Gasteiger partial charge in [-0.05, 0) is 16.7 Å². The van der Waals surface area contributed by atoms with Crippen molar-refractivity contribution in [2.45, 2.75) is 20.3 Å². The molecule has 0 N–H and O–H groups in total. The molecule has 1 rings (SSSR count). The monoisotopic (exact) mass is 163 g/mol. The van der Waals surface area contributed by atoms with Crippen molar-refractivity contribution in [3.8, 4) is 0 Å². The SMILES string of the molecule is CC(C)C1=C(N=O)CC=CC=C1. The lowest BCUT2D eigenvalue weighted by molar-refractivity contribution is 0.772. The third-order valence-corrected chi connectivity index (χ3v) is 1.90. The number of rotatable bonds is 2. The largest absolute Gasteiger partial charge is 0.145 e. The zero-order valence-electron chi connectivity index (χ0n) is 7.45. The smallest absolute Gasteiger partial charge is 0.0921 e. The normalized spacial score (nSPS) is 16.9. The number of hydrogen-bond donors (Lipinski definition) is 0. The molecular formula is C10H13NO. The molecule has 2 heteroatoms. The quantitative estimate of drug-likeness (QED) is 0.575. The zero-order chi connectivity index (χ0) is 8.97. The standard InChI is InChI=1S/C10H13NO/c1-8(2)9-6-4-3-5-7-10(9)11-12/h3-6,8H,7H2,1-2H3. The van der Waals surface area contributed by atoms with Crippen LogP contribution in [0.4, 0.5) is 0 Å². The summed E-state index contributed by atoms with van der Waals surface area (Å²) in [6, 6.07) is 0. The molecule has 0 radical (unpaired) electrons. The minimum Gasteiger partial charge on any atom is -0.145 e. The van der Waals surface area contributed by atoms with Gasteiger partial charge < -0.3 is 0 Å². The van der Waals surface area contributed by atoms with Gasteiger partial charge in [-0.2, -0.15) is 0 Å². The third-order valence-electron chi connectivity index (χ3n) is 1.90. The van der Waals surface area contributed by atoms with E-state index in [4.69, 9.17) is 0 Å². The number of hydrogen-bond acceptors (Lipinski definition) is 2. The van der Waals surface area contributed by atoms with Crippen molar-refractivity contribution in [1.29, 1.82) is 0 Å². The van der Waals surface area contributed by atoms with Crippen LogP contribution in [0.2, 0.25) is 0 Å². The van der Waals surface area contributed by atoms with Gasteiger partial charge in [-0.1, -0.05) is 38.2 Å². The van der Waals surface area contributed by atoms with Gasteiger partial charge in [-0.15, -0.1) is 4.91 Å². The van der Waals surface area contributed by atoms with Crippen LogP contribution >= 0.6 is 0 Å². The maximum atomic E-state index is 10.5. The zero-order valence-corrected chi connectivity index (χ0v) is 7.45. The van der Waals surface area contributed by atoms with Gasteiger partial charge in [-0.3, -0.25) is 0 Å².